The highest BCUT2D eigenvalue weighted by Gasteiger charge is 2.17. The first-order valence-corrected chi connectivity index (χ1v) is 7.18. The average Bonchev–Trinajstić information content (AvgIpc) is 2.45. The van der Waals surface area contributed by atoms with E-state index >= 15 is 0 Å². The van der Waals surface area contributed by atoms with E-state index < -0.39 is 12.2 Å². The molecule has 1 amide bonds. The fourth-order valence-corrected chi connectivity index (χ4v) is 2.42. The zero-order chi connectivity index (χ0) is 15.2. The van der Waals surface area contributed by atoms with Crippen LogP contribution in [0.3, 0.4) is 0 Å². The minimum absolute atomic E-state index is 0.0835. The maximum atomic E-state index is 11.0. The van der Waals surface area contributed by atoms with E-state index in [2.05, 4.69) is 20.9 Å². The molecule has 2 aromatic rings. The largest absolute Gasteiger partial charge is 0.473 e. The molecule has 21 heavy (non-hydrogen) atoms. The summed E-state index contributed by atoms with van der Waals surface area (Å²) in [5.74, 6) is 0.355. The first kappa shape index (κ1) is 15.6. The Morgan fingerprint density at radius 3 is 2.71 bits per heavy atom. The quantitative estimate of drug-likeness (QED) is 0.869. The van der Waals surface area contributed by atoms with E-state index in [0.717, 1.165) is 5.56 Å². The molecule has 2 rings (SSSR count). The Balaban J connectivity index is 2.10. The second kappa shape index (κ2) is 7.28. The van der Waals surface area contributed by atoms with Crippen molar-refractivity contribution in [1.82, 2.24) is 4.98 Å². The summed E-state index contributed by atoms with van der Waals surface area (Å²) in [5, 5.41) is 0.488. The molecule has 0 radical (unpaired) electrons. The number of pyridine rings is 1. The molecule has 2 N–H and O–H groups in total. The third-order valence-corrected chi connectivity index (χ3v) is 3.35. The minimum Gasteiger partial charge on any atom is -0.473 e. The summed E-state index contributed by atoms with van der Waals surface area (Å²) in [6, 6.07) is 10.8. The predicted octanol–water partition coefficient (Wildman–Crippen LogP) is 3.71. The van der Waals surface area contributed by atoms with Crippen molar-refractivity contribution in [1.29, 1.82) is 0 Å². The van der Waals surface area contributed by atoms with E-state index in [1.807, 2.05) is 30.3 Å². The van der Waals surface area contributed by atoms with Crippen molar-refractivity contribution in [2.45, 2.75) is 6.10 Å². The molecule has 1 aromatic heterocycles. The van der Waals surface area contributed by atoms with Crippen molar-refractivity contribution in [2.75, 3.05) is 6.61 Å². The Morgan fingerprint density at radius 1 is 1.38 bits per heavy atom. The molecular formula is C14H12BrClN2O3. The van der Waals surface area contributed by atoms with Gasteiger partial charge in [-0.1, -0.05) is 41.9 Å². The highest BCUT2D eigenvalue weighted by molar-refractivity contribution is 9.10. The van der Waals surface area contributed by atoms with Crippen molar-refractivity contribution >= 4 is 33.6 Å². The molecule has 1 unspecified atom stereocenters. The van der Waals surface area contributed by atoms with Gasteiger partial charge in [-0.25, -0.2) is 9.78 Å². The van der Waals surface area contributed by atoms with Gasteiger partial charge in [-0.05, 0) is 27.6 Å². The van der Waals surface area contributed by atoms with Gasteiger partial charge in [0.15, 0.2) is 6.10 Å². The Kier molecular flexibility index (Phi) is 5.41. The zero-order valence-electron chi connectivity index (χ0n) is 10.8. The van der Waals surface area contributed by atoms with Crippen LogP contribution in [0.15, 0.2) is 47.1 Å². The Labute approximate surface area is 135 Å². The van der Waals surface area contributed by atoms with Crippen LogP contribution in [0.4, 0.5) is 4.79 Å². The number of halogens is 2. The zero-order valence-corrected chi connectivity index (χ0v) is 13.2. The van der Waals surface area contributed by atoms with E-state index in [-0.39, 0.29) is 6.61 Å². The number of hydrogen-bond acceptors (Lipinski definition) is 4. The molecule has 0 aliphatic heterocycles. The van der Waals surface area contributed by atoms with Crippen LogP contribution >= 0.6 is 27.5 Å². The second-order valence-electron chi connectivity index (χ2n) is 4.09. The van der Waals surface area contributed by atoms with Crippen LogP contribution in [0.2, 0.25) is 5.02 Å². The Hall–Kier alpha value is -1.79. The fourth-order valence-electron chi connectivity index (χ4n) is 1.67. The number of rotatable bonds is 5. The predicted molar refractivity (Wildman–Crippen MR) is 82.3 cm³/mol. The van der Waals surface area contributed by atoms with Gasteiger partial charge in [0, 0.05) is 6.20 Å². The number of hydrogen-bond donors (Lipinski definition) is 1. The maximum Gasteiger partial charge on any atom is 0.405 e. The molecule has 0 spiro atoms. The second-order valence-corrected chi connectivity index (χ2v) is 5.38. The first-order chi connectivity index (χ1) is 10.1. The maximum absolute atomic E-state index is 11.0. The summed E-state index contributed by atoms with van der Waals surface area (Å²) in [5.41, 5.74) is 5.87. The van der Waals surface area contributed by atoms with Gasteiger partial charge in [0.1, 0.15) is 6.61 Å². The molecule has 0 aliphatic carbocycles. The highest BCUT2D eigenvalue weighted by atomic mass is 79.9. The third kappa shape index (κ3) is 4.61. The van der Waals surface area contributed by atoms with E-state index in [1.54, 1.807) is 6.07 Å². The number of amides is 1. The van der Waals surface area contributed by atoms with E-state index in [1.165, 1.54) is 6.20 Å². The number of aromatic nitrogens is 1. The molecule has 0 saturated heterocycles. The van der Waals surface area contributed by atoms with Crippen LogP contribution in [0, 0.1) is 0 Å². The van der Waals surface area contributed by atoms with Gasteiger partial charge in [-0.3, -0.25) is 0 Å². The molecule has 0 fully saturated rings. The van der Waals surface area contributed by atoms with Crippen molar-refractivity contribution in [2.24, 2.45) is 5.73 Å². The fraction of sp³-hybridized carbons (Fsp3) is 0.143. The SMILES string of the molecule is NC(=O)OC(COc1ncc(Cl)cc1Br)c1ccccc1. The lowest BCUT2D eigenvalue weighted by Gasteiger charge is -2.17. The summed E-state index contributed by atoms with van der Waals surface area (Å²) in [6.07, 6.45) is -0.0163. The molecule has 1 aromatic carbocycles. The van der Waals surface area contributed by atoms with Gasteiger partial charge in [-0.2, -0.15) is 0 Å². The number of ether oxygens (including phenoxy) is 2. The van der Waals surface area contributed by atoms with Crippen LogP contribution < -0.4 is 10.5 Å². The first-order valence-electron chi connectivity index (χ1n) is 6.01. The van der Waals surface area contributed by atoms with Gasteiger partial charge >= 0.3 is 6.09 Å². The normalized spacial score (nSPS) is 11.7. The standard InChI is InChI=1S/C14H12BrClN2O3/c15-11-6-10(16)7-18-13(11)20-8-12(21-14(17)19)9-4-2-1-3-5-9/h1-7,12H,8H2,(H2,17,19). The summed E-state index contributed by atoms with van der Waals surface area (Å²) < 4.78 is 11.2. The number of carbonyl (C=O) groups is 1. The van der Waals surface area contributed by atoms with E-state index in [9.17, 15) is 4.79 Å². The Morgan fingerprint density at radius 2 is 2.10 bits per heavy atom. The van der Waals surface area contributed by atoms with Crippen LogP contribution in [-0.4, -0.2) is 17.7 Å². The van der Waals surface area contributed by atoms with Crippen LogP contribution in [-0.2, 0) is 4.74 Å². The van der Waals surface area contributed by atoms with Gasteiger partial charge in [-0.15, -0.1) is 0 Å². The lowest BCUT2D eigenvalue weighted by molar-refractivity contribution is 0.0695. The molecule has 0 saturated carbocycles. The lowest BCUT2D eigenvalue weighted by Crippen LogP contribution is -2.22. The smallest absolute Gasteiger partial charge is 0.405 e. The summed E-state index contributed by atoms with van der Waals surface area (Å²) in [7, 11) is 0. The van der Waals surface area contributed by atoms with Crippen molar-refractivity contribution < 1.29 is 14.3 Å². The topological polar surface area (TPSA) is 74.4 Å². The number of nitrogens with two attached hydrogens (primary N) is 1. The van der Waals surface area contributed by atoms with Crippen molar-refractivity contribution in [3.8, 4) is 5.88 Å². The number of primary amides is 1. The summed E-state index contributed by atoms with van der Waals surface area (Å²) in [6.45, 7) is 0.0835. The van der Waals surface area contributed by atoms with Gasteiger partial charge < -0.3 is 15.2 Å². The van der Waals surface area contributed by atoms with Gasteiger partial charge in [0.25, 0.3) is 0 Å². The Bertz CT molecular complexity index is 625. The van der Waals surface area contributed by atoms with E-state index in [0.29, 0.717) is 15.4 Å². The highest BCUT2D eigenvalue weighted by Crippen LogP contribution is 2.27. The number of nitrogens with zero attached hydrogens (tertiary/aromatic N) is 1. The average molecular weight is 372 g/mol. The molecule has 1 heterocycles. The number of carbonyl (C=O) groups excluding carboxylic acids is 1. The van der Waals surface area contributed by atoms with E-state index in [4.69, 9.17) is 26.8 Å². The van der Waals surface area contributed by atoms with Crippen LogP contribution in [0.5, 0.6) is 5.88 Å². The molecule has 0 aliphatic rings. The summed E-state index contributed by atoms with van der Waals surface area (Å²) in [4.78, 5) is 15.1. The molecule has 110 valence electrons. The molecule has 0 bridgehead atoms. The van der Waals surface area contributed by atoms with Crippen molar-refractivity contribution in [3.63, 3.8) is 0 Å². The lowest BCUT2D eigenvalue weighted by atomic mass is 10.1. The third-order valence-electron chi connectivity index (χ3n) is 2.58. The minimum atomic E-state index is -0.865. The van der Waals surface area contributed by atoms with Gasteiger partial charge in [0.2, 0.25) is 5.88 Å². The van der Waals surface area contributed by atoms with Crippen molar-refractivity contribution in [3.05, 3.63) is 57.7 Å². The molecule has 1 atom stereocenters. The monoisotopic (exact) mass is 370 g/mol. The summed E-state index contributed by atoms with van der Waals surface area (Å²) >= 11 is 9.11. The van der Waals surface area contributed by atoms with Crippen LogP contribution in [0.1, 0.15) is 11.7 Å². The molecule has 7 heteroatoms. The van der Waals surface area contributed by atoms with Gasteiger partial charge in [0.05, 0.1) is 9.50 Å². The number of benzene rings is 1. The molecule has 5 nitrogen and oxygen atoms in total. The van der Waals surface area contributed by atoms with Crippen LogP contribution in [0.25, 0.3) is 0 Å². The molecular weight excluding hydrogens is 360 g/mol.